The summed E-state index contributed by atoms with van der Waals surface area (Å²) in [7, 11) is 1.51. The van der Waals surface area contributed by atoms with E-state index in [2.05, 4.69) is 15.6 Å². The molecule has 0 aliphatic rings. The van der Waals surface area contributed by atoms with Crippen LogP contribution in [-0.4, -0.2) is 53.6 Å². The van der Waals surface area contributed by atoms with Crippen LogP contribution < -0.4 is 10.6 Å². The van der Waals surface area contributed by atoms with E-state index < -0.39 is 54.1 Å². The number of nitrogens with one attached hydrogen (secondary N) is 3. The van der Waals surface area contributed by atoms with E-state index in [0.29, 0.717) is 6.20 Å². The quantitative estimate of drug-likeness (QED) is 0.248. The number of nitrogens with zero attached hydrogens (tertiary/aromatic N) is 2. The highest BCUT2D eigenvalue weighted by Crippen LogP contribution is 2.29. The van der Waals surface area contributed by atoms with Gasteiger partial charge in [-0.3, -0.25) is 10.2 Å². The van der Waals surface area contributed by atoms with Crippen LogP contribution in [0.4, 0.5) is 32.2 Å². The van der Waals surface area contributed by atoms with E-state index in [1.807, 2.05) is 0 Å². The van der Waals surface area contributed by atoms with Crippen LogP contribution in [0.2, 0.25) is 0 Å². The topological polar surface area (TPSA) is 81.1 Å². The molecule has 1 aromatic heterocycles. The Morgan fingerprint density at radius 1 is 1.19 bits per heavy atom. The Morgan fingerprint density at radius 2 is 1.89 bits per heavy atom. The fourth-order valence-electron chi connectivity index (χ4n) is 3.51. The fourth-order valence-corrected chi connectivity index (χ4v) is 3.51. The number of hydrogen-bond donors (Lipinski definition) is 3. The Morgan fingerprint density at radius 3 is 2.43 bits per heavy atom. The van der Waals surface area contributed by atoms with Crippen LogP contribution in [-0.2, 0) is 11.0 Å². The zero-order valence-electron chi connectivity index (χ0n) is 20.6. The molecule has 0 radical (unpaired) electrons. The lowest BCUT2D eigenvalue weighted by molar-refractivity contribution is -0.137. The molecule has 3 N–H and O–H groups in total. The number of amides is 1. The largest absolute Gasteiger partial charge is 0.417 e. The summed E-state index contributed by atoms with van der Waals surface area (Å²) >= 11 is 0. The molecule has 2 aromatic rings. The molecule has 0 bridgehead atoms. The molecule has 1 heterocycles. The summed E-state index contributed by atoms with van der Waals surface area (Å²) in [5, 5.41) is 13.9. The van der Waals surface area contributed by atoms with E-state index in [1.54, 1.807) is 6.92 Å². The summed E-state index contributed by atoms with van der Waals surface area (Å²) in [5.74, 6) is -4.82. The van der Waals surface area contributed by atoms with E-state index >= 15 is 0 Å². The summed E-state index contributed by atoms with van der Waals surface area (Å²) in [6.45, 7) is 1.92. The fraction of sp³-hybridized carbons (Fsp3) is 0.400. The first-order valence-electron chi connectivity index (χ1n) is 11.5. The van der Waals surface area contributed by atoms with E-state index in [9.17, 15) is 31.1 Å². The zero-order valence-corrected chi connectivity index (χ0v) is 20.6. The van der Waals surface area contributed by atoms with Gasteiger partial charge in [0, 0.05) is 44.0 Å². The van der Waals surface area contributed by atoms with E-state index in [0.717, 1.165) is 23.1 Å². The molecule has 0 aliphatic carbocycles. The molecular formula is C25H29F6N5O. The van der Waals surface area contributed by atoms with Crippen LogP contribution in [0.15, 0.2) is 48.8 Å². The van der Waals surface area contributed by atoms with Crippen LogP contribution >= 0.6 is 0 Å². The van der Waals surface area contributed by atoms with Gasteiger partial charge < -0.3 is 15.5 Å². The normalized spacial score (nSPS) is 13.2. The van der Waals surface area contributed by atoms with Gasteiger partial charge in [-0.2, -0.15) is 13.2 Å². The van der Waals surface area contributed by atoms with Crippen LogP contribution in [0.25, 0.3) is 5.57 Å². The maximum atomic E-state index is 14.6. The molecule has 0 saturated heterocycles. The number of alkyl halides is 5. The second kappa shape index (κ2) is 12.6. The number of carbonyl (C=O) groups is 1. The highest BCUT2D eigenvalue weighted by atomic mass is 19.4. The minimum Gasteiger partial charge on any atom is -0.393 e. The lowest BCUT2D eigenvalue weighted by Gasteiger charge is -2.33. The number of anilines is 1. The molecule has 37 heavy (non-hydrogen) atoms. The maximum Gasteiger partial charge on any atom is 0.417 e. The average molecular weight is 530 g/mol. The number of halogens is 6. The minimum atomic E-state index is -4.56. The summed E-state index contributed by atoms with van der Waals surface area (Å²) in [6.07, 6.45) is -2.97. The molecule has 1 unspecified atom stereocenters. The van der Waals surface area contributed by atoms with Crippen molar-refractivity contribution >= 4 is 23.0 Å². The predicted molar refractivity (Wildman–Crippen MR) is 130 cm³/mol. The molecule has 1 aromatic carbocycles. The molecule has 1 atom stereocenters. The van der Waals surface area contributed by atoms with Gasteiger partial charge in [0.1, 0.15) is 17.3 Å². The Bertz CT molecular complexity index is 1100. The summed E-state index contributed by atoms with van der Waals surface area (Å²) in [6, 6.07) is 6.17. The van der Waals surface area contributed by atoms with Gasteiger partial charge in [0.2, 0.25) is 0 Å². The van der Waals surface area contributed by atoms with Crippen molar-refractivity contribution in [3.63, 3.8) is 0 Å². The van der Waals surface area contributed by atoms with Gasteiger partial charge in [-0.25, -0.2) is 18.2 Å². The third kappa shape index (κ3) is 8.50. The molecule has 0 aliphatic heterocycles. The van der Waals surface area contributed by atoms with Gasteiger partial charge in [-0.1, -0.05) is 25.5 Å². The van der Waals surface area contributed by atoms with Gasteiger partial charge in [0.25, 0.3) is 11.8 Å². The summed E-state index contributed by atoms with van der Waals surface area (Å²) in [5.41, 5.74) is -1.38. The van der Waals surface area contributed by atoms with Crippen molar-refractivity contribution in [1.29, 1.82) is 5.41 Å². The van der Waals surface area contributed by atoms with Crippen molar-refractivity contribution in [2.75, 3.05) is 25.5 Å². The first-order valence-corrected chi connectivity index (χ1v) is 11.5. The second-order valence-corrected chi connectivity index (χ2v) is 8.43. The van der Waals surface area contributed by atoms with Gasteiger partial charge in [0.05, 0.1) is 12.1 Å². The highest BCUT2D eigenvalue weighted by Gasteiger charge is 2.37. The lowest BCUT2D eigenvalue weighted by atomic mass is 10.00. The lowest BCUT2D eigenvalue weighted by Crippen LogP contribution is -2.50. The highest BCUT2D eigenvalue weighted by molar-refractivity contribution is 6.54. The van der Waals surface area contributed by atoms with Crippen molar-refractivity contribution < 1.29 is 31.1 Å². The molecule has 0 fully saturated rings. The average Bonchev–Trinajstić information content (AvgIpc) is 2.83. The Balaban J connectivity index is 2.30. The van der Waals surface area contributed by atoms with Crippen molar-refractivity contribution in [2.24, 2.45) is 0 Å². The third-order valence-electron chi connectivity index (χ3n) is 5.39. The first-order chi connectivity index (χ1) is 17.3. The third-order valence-corrected chi connectivity index (χ3v) is 5.39. The SMILES string of the molecule is CCCC(F)(F)CN(C(=O)C(=N)/C(=C\NC)c1cccc(F)c1)C(C)CNc1ccc(C(F)(F)F)cn1. The Labute approximate surface area is 211 Å². The van der Waals surface area contributed by atoms with Crippen molar-refractivity contribution in [1.82, 2.24) is 15.2 Å². The molecule has 12 heteroatoms. The Kier molecular flexibility index (Phi) is 10.1. The van der Waals surface area contributed by atoms with Gasteiger partial charge in [0.15, 0.2) is 0 Å². The van der Waals surface area contributed by atoms with Crippen LogP contribution in [0.1, 0.15) is 37.8 Å². The number of rotatable bonds is 12. The van der Waals surface area contributed by atoms with Gasteiger partial charge in [-0.05, 0) is 36.8 Å². The standard InChI is InChI=1S/C25H29F6N5O/c1-4-10-24(27,28)15-36(16(2)12-34-21-9-8-18(13-35-21)25(29,30)31)23(37)22(32)20(14-33-3)17-6-5-7-19(26)11-17/h5-9,11,13-14,16,32-33H,4,10,12,15H2,1-3H3,(H,34,35)/b20-14-,32-22?. The van der Waals surface area contributed by atoms with E-state index in [-0.39, 0.29) is 29.9 Å². The van der Waals surface area contributed by atoms with Gasteiger partial charge >= 0.3 is 6.18 Å². The minimum absolute atomic E-state index is 0.000346. The molecule has 202 valence electrons. The van der Waals surface area contributed by atoms with Crippen molar-refractivity contribution in [3.05, 3.63) is 65.7 Å². The van der Waals surface area contributed by atoms with E-state index in [4.69, 9.17) is 5.41 Å². The number of benzene rings is 1. The number of aromatic nitrogens is 1. The van der Waals surface area contributed by atoms with Crippen LogP contribution in [0.5, 0.6) is 0 Å². The first kappa shape index (κ1) is 29.7. The molecule has 1 amide bonds. The van der Waals surface area contributed by atoms with Crippen molar-refractivity contribution in [2.45, 2.75) is 44.8 Å². The molecular weight excluding hydrogens is 500 g/mol. The summed E-state index contributed by atoms with van der Waals surface area (Å²) < 4.78 is 81.3. The van der Waals surface area contributed by atoms with Crippen LogP contribution in [0.3, 0.4) is 0 Å². The molecule has 0 saturated carbocycles. The summed E-state index contributed by atoms with van der Waals surface area (Å²) in [4.78, 5) is 17.9. The Hall–Kier alpha value is -3.57. The number of hydrogen-bond acceptors (Lipinski definition) is 5. The van der Waals surface area contributed by atoms with Gasteiger partial charge in [-0.15, -0.1) is 0 Å². The second-order valence-electron chi connectivity index (χ2n) is 8.43. The van der Waals surface area contributed by atoms with Crippen LogP contribution in [0, 0.1) is 11.2 Å². The predicted octanol–water partition coefficient (Wildman–Crippen LogP) is 5.58. The number of carbonyl (C=O) groups excluding carboxylic acids is 1. The van der Waals surface area contributed by atoms with Crippen molar-refractivity contribution in [3.8, 4) is 0 Å². The number of pyridine rings is 1. The monoisotopic (exact) mass is 529 g/mol. The maximum absolute atomic E-state index is 14.6. The molecule has 2 rings (SSSR count). The smallest absolute Gasteiger partial charge is 0.393 e. The molecule has 6 nitrogen and oxygen atoms in total. The molecule has 0 spiro atoms. The zero-order chi connectivity index (χ0) is 27.8. The van der Waals surface area contributed by atoms with E-state index in [1.165, 1.54) is 38.4 Å².